The van der Waals surface area contributed by atoms with Crippen LogP contribution in [0.2, 0.25) is 0 Å². The predicted molar refractivity (Wildman–Crippen MR) is 95.5 cm³/mol. The Morgan fingerprint density at radius 2 is 2.36 bits per heavy atom. The van der Waals surface area contributed by atoms with E-state index in [1.165, 1.54) is 12.1 Å². The van der Waals surface area contributed by atoms with Gasteiger partial charge in [0, 0.05) is 25.7 Å². The van der Waals surface area contributed by atoms with E-state index in [4.69, 9.17) is 4.74 Å². The van der Waals surface area contributed by atoms with Crippen molar-refractivity contribution >= 4 is 29.9 Å². The molecule has 1 atom stereocenters. The highest BCUT2D eigenvalue weighted by Crippen LogP contribution is 2.12. The number of guanidine groups is 1. The van der Waals surface area contributed by atoms with Gasteiger partial charge in [-0.3, -0.25) is 0 Å². The number of likely N-dealkylation sites (tertiary alicyclic amines) is 1. The van der Waals surface area contributed by atoms with E-state index in [1.54, 1.807) is 12.1 Å². The molecular weight excluding hydrogens is 400 g/mol. The number of aliphatic hydroxyl groups excluding tert-OH is 1. The molecule has 1 aromatic rings. The van der Waals surface area contributed by atoms with Gasteiger partial charge in [-0.25, -0.2) is 9.38 Å². The fourth-order valence-corrected chi connectivity index (χ4v) is 2.23. The monoisotopic (exact) mass is 423 g/mol. The summed E-state index contributed by atoms with van der Waals surface area (Å²) in [5.74, 6) is 0.985. The standard InChI is InChI=1S/C15H22FN3O2.HI/c1-2-17-15(19-8-6-13(20)11-19)18-7-9-21-14-5-3-4-12(16)10-14;/h3-5,10,13,20H,2,6-9,11H2,1H3,(H,17,18);1H/t13-;/m1./s1. The van der Waals surface area contributed by atoms with Gasteiger partial charge in [0.05, 0.1) is 12.6 Å². The SMILES string of the molecule is CCNC(=NCCOc1cccc(F)c1)N1CC[C@@H](O)C1.I. The molecule has 1 aliphatic heterocycles. The lowest BCUT2D eigenvalue weighted by molar-refractivity contribution is 0.187. The van der Waals surface area contributed by atoms with Gasteiger partial charge in [-0.05, 0) is 25.5 Å². The van der Waals surface area contributed by atoms with Crippen molar-refractivity contribution in [3.8, 4) is 5.75 Å². The van der Waals surface area contributed by atoms with E-state index in [9.17, 15) is 9.50 Å². The molecule has 5 nitrogen and oxygen atoms in total. The maximum atomic E-state index is 13.0. The van der Waals surface area contributed by atoms with E-state index in [-0.39, 0.29) is 35.9 Å². The van der Waals surface area contributed by atoms with Crippen LogP contribution in [0.15, 0.2) is 29.3 Å². The van der Waals surface area contributed by atoms with Gasteiger partial charge in [-0.15, -0.1) is 24.0 Å². The van der Waals surface area contributed by atoms with Crippen molar-refractivity contribution in [3.63, 3.8) is 0 Å². The second kappa shape index (κ2) is 9.83. The molecule has 0 bridgehead atoms. The fourth-order valence-electron chi connectivity index (χ4n) is 2.23. The molecule has 0 unspecified atom stereocenters. The summed E-state index contributed by atoms with van der Waals surface area (Å²) in [7, 11) is 0. The highest BCUT2D eigenvalue weighted by atomic mass is 127. The van der Waals surface area contributed by atoms with Crippen molar-refractivity contribution in [2.75, 3.05) is 32.8 Å². The first-order chi connectivity index (χ1) is 10.2. The van der Waals surface area contributed by atoms with E-state index in [1.807, 2.05) is 11.8 Å². The average Bonchev–Trinajstić information content (AvgIpc) is 2.89. The first-order valence-corrected chi connectivity index (χ1v) is 7.28. The Labute approximate surface area is 147 Å². The topological polar surface area (TPSA) is 57.1 Å². The number of nitrogens with zero attached hydrogens (tertiary/aromatic N) is 2. The summed E-state index contributed by atoms with van der Waals surface area (Å²) in [5.41, 5.74) is 0. The lowest BCUT2D eigenvalue weighted by Crippen LogP contribution is -2.40. The van der Waals surface area contributed by atoms with Crippen LogP contribution in [-0.2, 0) is 0 Å². The van der Waals surface area contributed by atoms with Crippen molar-refractivity contribution < 1.29 is 14.2 Å². The Balaban J connectivity index is 0.00000242. The van der Waals surface area contributed by atoms with Gasteiger partial charge in [0.15, 0.2) is 5.96 Å². The molecule has 0 aromatic heterocycles. The summed E-state index contributed by atoms with van der Waals surface area (Å²) in [5, 5.41) is 12.8. The number of β-amino-alcohol motifs (C(OH)–C–C–N with tert-alkyl or cyclic N) is 1. The maximum Gasteiger partial charge on any atom is 0.194 e. The summed E-state index contributed by atoms with van der Waals surface area (Å²) < 4.78 is 18.5. The van der Waals surface area contributed by atoms with Crippen molar-refractivity contribution in [2.24, 2.45) is 4.99 Å². The summed E-state index contributed by atoms with van der Waals surface area (Å²) in [4.78, 5) is 6.51. The largest absolute Gasteiger partial charge is 0.492 e. The second-order valence-corrected chi connectivity index (χ2v) is 4.93. The molecule has 2 rings (SSSR count). The highest BCUT2D eigenvalue weighted by molar-refractivity contribution is 14.0. The van der Waals surface area contributed by atoms with E-state index in [0.29, 0.717) is 25.4 Å². The first kappa shape index (κ1) is 19.0. The Morgan fingerprint density at radius 3 is 3.00 bits per heavy atom. The van der Waals surface area contributed by atoms with Crippen LogP contribution in [0.4, 0.5) is 4.39 Å². The van der Waals surface area contributed by atoms with E-state index >= 15 is 0 Å². The highest BCUT2D eigenvalue weighted by Gasteiger charge is 2.22. The summed E-state index contributed by atoms with van der Waals surface area (Å²) in [6.45, 7) is 5.05. The third-order valence-electron chi connectivity index (χ3n) is 3.22. The second-order valence-electron chi connectivity index (χ2n) is 4.93. The number of hydrogen-bond donors (Lipinski definition) is 2. The molecule has 0 aliphatic carbocycles. The molecule has 0 radical (unpaired) electrons. The number of aliphatic imine (C=N–C) groups is 1. The van der Waals surface area contributed by atoms with Crippen molar-refractivity contribution in [2.45, 2.75) is 19.4 Å². The normalized spacial score (nSPS) is 18.0. The Kier molecular flexibility index (Phi) is 8.47. The van der Waals surface area contributed by atoms with Crippen LogP contribution in [0.1, 0.15) is 13.3 Å². The van der Waals surface area contributed by atoms with Gasteiger partial charge in [-0.1, -0.05) is 6.07 Å². The minimum Gasteiger partial charge on any atom is -0.492 e. The number of nitrogens with one attached hydrogen (secondary N) is 1. The molecule has 1 aliphatic rings. The number of aliphatic hydroxyl groups is 1. The predicted octanol–water partition coefficient (Wildman–Crippen LogP) is 1.85. The zero-order chi connectivity index (χ0) is 15.1. The van der Waals surface area contributed by atoms with Crippen LogP contribution < -0.4 is 10.1 Å². The molecular formula is C15H23FIN3O2. The summed E-state index contributed by atoms with van der Waals surface area (Å²) >= 11 is 0. The molecule has 0 spiro atoms. The molecule has 22 heavy (non-hydrogen) atoms. The van der Waals surface area contributed by atoms with Gasteiger partial charge in [0.25, 0.3) is 0 Å². The molecule has 7 heteroatoms. The van der Waals surface area contributed by atoms with Gasteiger partial charge in [-0.2, -0.15) is 0 Å². The van der Waals surface area contributed by atoms with Crippen LogP contribution in [0.5, 0.6) is 5.75 Å². The van der Waals surface area contributed by atoms with Gasteiger partial charge in [0.2, 0.25) is 0 Å². The molecule has 2 N–H and O–H groups in total. The number of ether oxygens (including phenoxy) is 1. The van der Waals surface area contributed by atoms with E-state index in [0.717, 1.165) is 25.5 Å². The summed E-state index contributed by atoms with van der Waals surface area (Å²) in [6.07, 6.45) is 0.488. The molecule has 1 aromatic carbocycles. The summed E-state index contributed by atoms with van der Waals surface area (Å²) in [6, 6.07) is 6.07. The van der Waals surface area contributed by atoms with E-state index < -0.39 is 0 Å². The zero-order valence-electron chi connectivity index (χ0n) is 12.7. The third-order valence-corrected chi connectivity index (χ3v) is 3.22. The van der Waals surface area contributed by atoms with Crippen LogP contribution in [0.3, 0.4) is 0 Å². The number of hydrogen-bond acceptors (Lipinski definition) is 3. The molecule has 1 fully saturated rings. The number of rotatable bonds is 5. The molecule has 1 heterocycles. The van der Waals surface area contributed by atoms with E-state index in [2.05, 4.69) is 10.3 Å². The lowest BCUT2D eigenvalue weighted by atomic mass is 10.3. The van der Waals surface area contributed by atoms with Crippen LogP contribution in [-0.4, -0.2) is 54.9 Å². The average molecular weight is 423 g/mol. The van der Waals surface area contributed by atoms with Crippen LogP contribution >= 0.6 is 24.0 Å². The van der Waals surface area contributed by atoms with Gasteiger partial charge < -0.3 is 20.1 Å². The first-order valence-electron chi connectivity index (χ1n) is 7.28. The molecule has 124 valence electrons. The lowest BCUT2D eigenvalue weighted by Gasteiger charge is -2.20. The minimum atomic E-state index is -0.310. The quantitative estimate of drug-likeness (QED) is 0.329. The maximum absolute atomic E-state index is 13.0. The fraction of sp³-hybridized carbons (Fsp3) is 0.533. The Morgan fingerprint density at radius 1 is 1.55 bits per heavy atom. The van der Waals surface area contributed by atoms with Crippen molar-refractivity contribution in [1.29, 1.82) is 0 Å². The Hall–Kier alpha value is -1.09. The van der Waals surface area contributed by atoms with Gasteiger partial charge in [0.1, 0.15) is 18.2 Å². The van der Waals surface area contributed by atoms with Crippen molar-refractivity contribution in [3.05, 3.63) is 30.1 Å². The smallest absolute Gasteiger partial charge is 0.194 e. The van der Waals surface area contributed by atoms with Gasteiger partial charge >= 0.3 is 0 Å². The zero-order valence-corrected chi connectivity index (χ0v) is 15.0. The number of benzene rings is 1. The van der Waals surface area contributed by atoms with Crippen LogP contribution in [0, 0.1) is 5.82 Å². The molecule has 0 saturated carbocycles. The van der Waals surface area contributed by atoms with Crippen LogP contribution in [0.25, 0.3) is 0 Å². The Bertz CT molecular complexity index is 488. The molecule has 1 saturated heterocycles. The van der Waals surface area contributed by atoms with Crippen molar-refractivity contribution in [1.82, 2.24) is 10.2 Å². The minimum absolute atomic E-state index is 0. The molecule has 0 amide bonds. The third kappa shape index (κ3) is 5.96. The number of halogens is 2.